The number of benzene rings is 2. The van der Waals surface area contributed by atoms with Crippen molar-refractivity contribution in [3.8, 4) is 0 Å². The van der Waals surface area contributed by atoms with Crippen molar-refractivity contribution >= 4 is 52.2 Å². The maximum atomic E-state index is 12.6. The Labute approximate surface area is 188 Å². The summed E-state index contributed by atoms with van der Waals surface area (Å²) < 4.78 is 2.00. The van der Waals surface area contributed by atoms with E-state index in [2.05, 4.69) is 15.6 Å². The SMILES string of the molecule is CC(=O)Nc1ccc(Cl)c(NC(=O)c2ccc(SCc3cn4ccccc4n3)cc2)c1. The van der Waals surface area contributed by atoms with Crippen LogP contribution in [0.2, 0.25) is 5.02 Å². The summed E-state index contributed by atoms with van der Waals surface area (Å²) in [5, 5.41) is 5.85. The molecule has 6 nitrogen and oxygen atoms in total. The smallest absolute Gasteiger partial charge is 0.255 e. The van der Waals surface area contributed by atoms with Crippen molar-refractivity contribution in [2.75, 3.05) is 10.6 Å². The van der Waals surface area contributed by atoms with E-state index in [-0.39, 0.29) is 11.8 Å². The van der Waals surface area contributed by atoms with E-state index in [9.17, 15) is 9.59 Å². The summed E-state index contributed by atoms with van der Waals surface area (Å²) in [5.74, 6) is 0.258. The topological polar surface area (TPSA) is 75.5 Å². The van der Waals surface area contributed by atoms with Gasteiger partial charge in [-0.2, -0.15) is 0 Å². The zero-order valence-corrected chi connectivity index (χ0v) is 18.2. The van der Waals surface area contributed by atoms with Gasteiger partial charge < -0.3 is 15.0 Å². The molecule has 156 valence electrons. The molecule has 0 aliphatic rings. The molecular formula is C23H19ClN4O2S. The number of hydrogen-bond acceptors (Lipinski definition) is 4. The van der Waals surface area contributed by atoms with Crippen LogP contribution in [0.15, 0.2) is 78.0 Å². The van der Waals surface area contributed by atoms with Crippen molar-refractivity contribution in [3.05, 3.63) is 89.3 Å². The first kappa shape index (κ1) is 21.0. The van der Waals surface area contributed by atoms with Gasteiger partial charge in [0, 0.05) is 41.2 Å². The Balaban J connectivity index is 1.39. The van der Waals surface area contributed by atoms with E-state index in [0.29, 0.717) is 22.0 Å². The Morgan fingerprint density at radius 1 is 1.06 bits per heavy atom. The molecule has 0 aliphatic heterocycles. The first-order valence-electron chi connectivity index (χ1n) is 9.52. The molecular weight excluding hydrogens is 432 g/mol. The Kier molecular flexibility index (Phi) is 6.25. The monoisotopic (exact) mass is 450 g/mol. The molecule has 0 radical (unpaired) electrons. The van der Waals surface area contributed by atoms with E-state index < -0.39 is 0 Å². The highest BCUT2D eigenvalue weighted by Gasteiger charge is 2.10. The van der Waals surface area contributed by atoms with Crippen LogP contribution in [0.4, 0.5) is 11.4 Å². The number of carbonyl (C=O) groups is 2. The number of nitrogens with zero attached hydrogens (tertiary/aromatic N) is 2. The molecule has 4 rings (SSSR count). The highest BCUT2D eigenvalue weighted by Crippen LogP contribution is 2.27. The van der Waals surface area contributed by atoms with Crippen LogP contribution in [-0.2, 0) is 10.5 Å². The van der Waals surface area contributed by atoms with E-state index in [1.165, 1.54) is 6.92 Å². The molecule has 0 bridgehead atoms. The fourth-order valence-corrected chi connectivity index (χ4v) is 3.96. The molecule has 0 saturated carbocycles. The molecule has 2 heterocycles. The molecule has 0 aliphatic carbocycles. The molecule has 2 aromatic heterocycles. The van der Waals surface area contributed by atoms with E-state index >= 15 is 0 Å². The van der Waals surface area contributed by atoms with Gasteiger partial charge in [-0.25, -0.2) is 4.98 Å². The maximum Gasteiger partial charge on any atom is 0.255 e. The summed E-state index contributed by atoms with van der Waals surface area (Å²) in [7, 11) is 0. The third-order valence-electron chi connectivity index (χ3n) is 4.45. The third-order valence-corrected chi connectivity index (χ3v) is 5.83. The van der Waals surface area contributed by atoms with Crippen molar-refractivity contribution in [2.24, 2.45) is 0 Å². The first-order valence-corrected chi connectivity index (χ1v) is 10.9. The number of thioether (sulfide) groups is 1. The second-order valence-electron chi connectivity index (χ2n) is 6.84. The maximum absolute atomic E-state index is 12.6. The van der Waals surface area contributed by atoms with Gasteiger partial charge in [0.2, 0.25) is 5.91 Å². The van der Waals surface area contributed by atoms with Gasteiger partial charge in [0.25, 0.3) is 5.91 Å². The van der Waals surface area contributed by atoms with Crippen LogP contribution >= 0.6 is 23.4 Å². The summed E-state index contributed by atoms with van der Waals surface area (Å²) in [4.78, 5) is 29.5. The molecule has 0 unspecified atom stereocenters. The lowest BCUT2D eigenvalue weighted by Gasteiger charge is -2.10. The van der Waals surface area contributed by atoms with Gasteiger partial charge >= 0.3 is 0 Å². The quantitative estimate of drug-likeness (QED) is 0.381. The van der Waals surface area contributed by atoms with Crippen molar-refractivity contribution in [1.82, 2.24) is 9.38 Å². The second-order valence-corrected chi connectivity index (χ2v) is 8.30. The number of nitrogens with one attached hydrogen (secondary N) is 2. The second kappa shape index (κ2) is 9.24. The Bertz CT molecular complexity index is 1220. The van der Waals surface area contributed by atoms with Crippen LogP contribution < -0.4 is 10.6 Å². The van der Waals surface area contributed by atoms with Crippen molar-refractivity contribution in [2.45, 2.75) is 17.6 Å². The predicted octanol–water partition coefficient (Wildman–Crippen LogP) is 5.49. The van der Waals surface area contributed by atoms with Gasteiger partial charge in [0.05, 0.1) is 16.4 Å². The molecule has 0 saturated heterocycles. The lowest BCUT2D eigenvalue weighted by atomic mass is 10.2. The van der Waals surface area contributed by atoms with Crippen molar-refractivity contribution < 1.29 is 9.59 Å². The zero-order chi connectivity index (χ0) is 21.8. The summed E-state index contributed by atoms with van der Waals surface area (Å²) in [6, 6.07) is 18.2. The number of pyridine rings is 1. The number of rotatable bonds is 6. The van der Waals surface area contributed by atoms with Gasteiger partial charge in [0.15, 0.2) is 0 Å². The van der Waals surface area contributed by atoms with Crippen LogP contribution in [0, 0.1) is 0 Å². The molecule has 2 aromatic carbocycles. The normalized spacial score (nSPS) is 10.8. The van der Waals surface area contributed by atoms with E-state index in [1.807, 2.05) is 47.1 Å². The Morgan fingerprint density at radius 2 is 1.87 bits per heavy atom. The molecule has 0 fully saturated rings. The minimum Gasteiger partial charge on any atom is -0.326 e. The molecule has 0 atom stereocenters. The number of aromatic nitrogens is 2. The molecule has 8 heteroatoms. The number of halogens is 1. The molecule has 2 N–H and O–H groups in total. The number of hydrogen-bond donors (Lipinski definition) is 2. The lowest BCUT2D eigenvalue weighted by molar-refractivity contribution is -0.114. The Morgan fingerprint density at radius 3 is 2.61 bits per heavy atom. The average molecular weight is 451 g/mol. The van der Waals surface area contributed by atoms with Crippen LogP contribution in [0.1, 0.15) is 23.0 Å². The van der Waals surface area contributed by atoms with Crippen LogP contribution in [0.3, 0.4) is 0 Å². The minimum absolute atomic E-state index is 0.198. The summed E-state index contributed by atoms with van der Waals surface area (Å²) in [6.45, 7) is 1.42. The molecule has 4 aromatic rings. The largest absolute Gasteiger partial charge is 0.326 e. The zero-order valence-electron chi connectivity index (χ0n) is 16.6. The van der Waals surface area contributed by atoms with E-state index in [0.717, 1.165) is 22.0 Å². The number of carbonyl (C=O) groups excluding carboxylic acids is 2. The standard InChI is InChI=1S/C23H19ClN4O2S/c1-15(29)25-17-7-10-20(24)21(12-17)27-23(30)16-5-8-19(9-6-16)31-14-18-13-28-11-3-2-4-22(28)26-18/h2-13H,14H2,1H3,(H,25,29)(H,27,30). The summed E-state index contributed by atoms with van der Waals surface area (Å²) in [5.41, 5.74) is 3.42. The third kappa shape index (κ3) is 5.25. The molecule has 31 heavy (non-hydrogen) atoms. The lowest BCUT2D eigenvalue weighted by Crippen LogP contribution is -2.13. The van der Waals surface area contributed by atoms with Gasteiger partial charge in [-0.15, -0.1) is 11.8 Å². The van der Waals surface area contributed by atoms with Gasteiger partial charge in [-0.1, -0.05) is 17.7 Å². The average Bonchev–Trinajstić information content (AvgIpc) is 3.17. The Hall–Kier alpha value is -3.29. The minimum atomic E-state index is -0.279. The van der Waals surface area contributed by atoms with Crippen LogP contribution in [0.25, 0.3) is 5.65 Å². The summed E-state index contributed by atoms with van der Waals surface area (Å²) >= 11 is 7.83. The number of fused-ring (bicyclic) bond motifs is 1. The van der Waals surface area contributed by atoms with Gasteiger partial charge in [0.1, 0.15) is 5.65 Å². The van der Waals surface area contributed by atoms with Crippen molar-refractivity contribution in [1.29, 1.82) is 0 Å². The molecule has 0 spiro atoms. The predicted molar refractivity (Wildman–Crippen MR) is 125 cm³/mol. The van der Waals surface area contributed by atoms with E-state index in [4.69, 9.17) is 11.6 Å². The highest BCUT2D eigenvalue weighted by atomic mass is 35.5. The van der Waals surface area contributed by atoms with Crippen LogP contribution in [0.5, 0.6) is 0 Å². The fourth-order valence-electron chi connectivity index (χ4n) is 3.01. The van der Waals surface area contributed by atoms with E-state index in [1.54, 1.807) is 42.1 Å². The summed E-state index contributed by atoms with van der Waals surface area (Å²) in [6.07, 6.45) is 3.99. The van der Waals surface area contributed by atoms with Gasteiger partial charge in [-0.3, -0.25) is 9.59 Å². The molecule has 2 amide bonds. The number of amides is 2. The van der Waals surface area contributed by atoms with Gasteiger partial charge in [-0.05, 0) is 54.6 Å². The van der Waals surface area contributed by atoms with Crippen LogP contribution in [-0.4, -0.2) is 21.2 Å². The highest BCUT2D eigenvalue weighted by molar-refractivity contribution is 7.98. The first-order chi connectivity index (χ1) is 15.0. The number of anilines is 2. The van der Waals surface area contributed by atoms with Crippen molar-refractivity contribution in [3.63, 3.8) is 0 Å². The number of imidazole rings is 1. The fraction of sp³-hybridized carbons (Fsp3) is 0.0870.